The molecule has 0 radical (unpaired) electrons. The zero-order valence-corrected chi connectivity index (χ0v) is 11.8. The Bertz CT molecular complexity index is 503. The molecule has 1 aliphatic carbocycles. The molecule has 1 aromatic carbocycles. The van der Waals surface area contributed by atoms with Crippen molar-refractivity contribution >= 4 is 27.7 Å². The molecule has 2 rings (SSSR count). The number of nitrogens with one attached hydrogen (secondary N) is 2. The molecule has 0 saturated heterocycles. The van der Waals surface area contributed by atoms with Crippen LogP contribution in [0.5, 0.6) is 0 Å². The minimum absolute atomic E-state index is 0.0530. The smallest absolute Gasteiger partial charge is 0.252 e. The molecule has 0 atom stereocenters. The lowest BCUT2D eigenvalue weighted by molar-refractivity contribution is -0.122. The Balaban J connectivity index is 1.75. The van der Waals surface area contributed by atoms with Gasteiger partial charge in [-0.1, -0.05) is 0 Å². The predicted molar refractivity (Wildman–Crippen MR) is 72.2 cm³/mol. The van der Waals surface area contributed by atoms with Gasteiger partial charge in [0, 0.05) is 23.5 Å². The molecule has 1 aromatic rings. The normalized spacial score (nSPS) is 14.0. The van der Waals surface area contributed by atoms with Crippen LogP contribution >= 0.6 is 15.9 Å². The van der Waals surface area contributed by atoms with Crippen molar-refractivity contribution in [2.45, 2.75) is 12.8 Å². The summed E-state index contributed by atoms with van der Waals surface area (Å²) >= 11 is 3.14. The second-order valence-electron chi connectivity index (χ2n) is 4.45. The minimum Gasteiger partial charge on any atom is -0.354 e. The van der Waals surface area contributed by atoms with Crippen molar-refractivity contribution in [2.24, 2.45) is 5.92 Å². The fourth-order valence-corrected chi connectivity index (χ4v) is 2.15. The Morgan fingerprint density at radius 1 is 1.26 bits per heavy atom. The van der Waals surface area contributed by atoms with Gasteiger partial charge in [0.1, 0.15) is 5.82 Å². The van der Waals surface area contributed by atoms with Gasteiger partial charge in [0.15, 0.2) is 0 Å². The van der Waals surface area contributed by atoms with Gasteiger partial charge in [0.2, 0.25) is 5.91 Å². The van der Waals surface area contributed by atoms with Gasteiger partial charge in [0.25, 0.3) is 5.91 Å². The number of carbonyl (C=O) groups excluding carboxylic acids is 2. The van der Waals surface area contributed by atoms with Crippen LogP contribution in [0.3, 0.4) is 0 Å². The summed E-state index contributed by atoms with van der Waals surface area (Å²) in [5.74, 6) is -0.480. The largest absolute Gasteiger partial charge is 0.354 e. The van der Waals surface area contributed by atoms with Crippen LogP contribution in [0, 0.1) is 11.7 Å². The first-order valence-corrected chi connectivity index (χ1v) is 6.88. The average Bonchev–Trinajstić information content (AvgIpc) is 3.18. The third-order valence-corrected chi connectivity index (χ3v) is 3.49. The molecule has 1 aliphatic rings. The maximum absolute atomic E-state index is 12.9. The molecule has 2 amide bonds. The highest BCUT2D eigenvalue weighted by molar-refractivity contribution is 9.10. The summed E-state index contributed by atoms with van der Waals surface area (Å²) < 4.78 is 13.3. The van der Waals surface area contributed by atoms with Crippen molar-refractivity contribution in [2.75, 3.05) is 13.1 Å². The van der Waals surface area contributed by atoms with E-state index in [4.69, 9.17) is 0 Å². The van der Waals surface area contributed by atoms with Crippen molar-refractivity contribution < 1.29 is 14.0 Å². The highest BCUT2D eigenvalue weighted by Gasteiger charge is 2.28. The summed E-state index contributed by atoms with van der Waals surface area (Å²) in [6, 6.07) is 3.88. The molecule has 0 spiro atoms. The van der Waals surface area contributed by atoms with Crippen LogP contribution in [-0.4, -0.2) is 24.9 Å². The zero-order valence-electron chi connectivity index (χ0n) is 10.2. The van der Waals surface area contributed by atoms with Gasteiger partial charge >= 0.3 is 0 Å². The SMILES string of the molecule is O=C(NCCNC(=O)C1CC1)c1ccc(F)cc1Br. The van der Waals surface area contributed by atoms with Gasteiger partial charge in [-0.3, -0.25) is 9.59 Å². The first-order valence-electron chi connectivity index (χ1n) is 6.09. The first-order chi connectivity index (χ1) is 9.08. The summed E-state index contributed by atoms with van der Waals surface area (Å²) in [6.07, 6.45) is 1.92. The van der Waals surface area contributed by atoms with Crippen LogP contribution < -0.4 is 10.6 Å². The van der Waals surface area contributed by atoms with Crippen molar-refractivity contribution in [3.05, 3.63) is 34.1 Å². The van der Waals surface area contributed by atoms with Crippen molar-refractivity contribution in [1.82, 2.24) is 10.6 Å². The standard InChI is InChI=1S/C13H14BrFN2O2/c14-11-7-9(15)3-4-10(11)13(19)17-6-5-16-12(18)8-1-2-8/h3-4,7-8H,1-2,5-6H2,(H,16,18)(H,17,19). The molecule has 1 fully saturated rings. The van der Waals surface area contributed by atoms with Crippen molar-refractivity contribution in [1.29, 1.82) is 0 Å². The fourth-order valence-electron chi connectivity index (χ4n) is 1.62. The highest BCUT2D eigenvalue weighted by atomic mass is 79.9. The maximum Gasteiger partial charge on any atom is 0.252 e. The molecule has 0 bridgehead atoms. The summed E-state index contributed by atoms with van der Waals surface area (Å²) in [6.45, 7) is 0.751. The highest BCUT2D eigenvalue weighted by Crippen LogP contribution is 2.28. The monoisotopic (exact) mass is 328 g/mol. The van der Waals surface area contributed by atoms with Gasteiger partial charge in [-0.2, -0.15) is 0 Å². The lowest BCUT2D eigenvalue weighted by Gasteiger charge is -2.08. The number of rotatable bonds is 5. The van der Waals surface area contributed by atoms with Crippen LogP contribution in [0.25, 0.3) is 0 Å². The van der Waals surface area contributed by atoms with Gasteiger partial charge in [0.05, 0.1) is 5.56 Å². The van der Waals surface area contributed by atoms with E-state index in [1.54, 1.807) is 0 Å². The molecule has 4 nitrogen and oxygen atoms in total. The Morgan fingerprint density at radius 3 is 2.58 bits per heavy atom. The molecule has 2 N–H and O–H groups in total. The predicted octanol–water partition coefficient (Wildman–Crippen LogP) is 1.84. The van der Waals surface area contributed by atoms with E-state index in [0.717, 1.165) is 12.8 Å². The molecular formula is C13H14BrFN2O2. The minimum atomic E-state index is -0.403. The number of amides is 2. The zero-order chi connectivity index (χ0) is 13.8. The Kier molecular flexibility index (Phi) is 4.52. The molecule has 0 heterocycles. The third-order valence-electron chi connectivity index (χ3n) is 2.83. The third kappa shape index (κ3) is 4.02. The molecule has 0 unspecified atom stereocenters. The lowest BCUT2D eigenvalue weighted by Crippen LogP contribution is -2.35. The molecule has 6 heteroatoms. The number of hydrogen-bond donors (Lipinski definition) is 2. The second kappa shape index (κ2) is 6.14. The topological polar surface area (TPSA) is 58.2 Å². The number of hydrogen-bond acceptors (Lipinski definition) is 2. The van der Waals surface area contributed by atoms with Crippen LogP contribution in [0.4, 0.5) is 4.39 Å². The Morgan fingerprint density at radius 2 is 1.95 bits per heavy atom. The maximum atomic E-state index is 12.9. The first kappa shape index (κ1) is 14.0. The van der Waals surface area contributed by atoms with E-state index < -0.39 is 5.82 Å². The van der Waals surface area contributed by atoms with Crippen LogP contribution in [-0.2, 0) is 4.79 Å². The molecular weight excluding hydrogens is 315 g/mol. The Labute approximate surface area is 118 Å². The van der Waals surface area contributed by atoms with Crippen LogP contribution in [0.1, 0.15) is 23.2 Å². The van der Waals surface area contributed by atoms with Gasteiger partial charge in [-0.15, -0.1) is 0 Å². The number of halogens is 2. The number of carbonyl (C=O) groups is 2. The van der Waals surface area contributed by atoms with E-state index >= 15 is 0 Å². The second-order valence-corrected chi connectivity index (χ2v) is 5.30. The van der Waals surface area contributed by atoms with Crippen LogP contribution in [0.15, 0.2) is 22.7 Å². The molecule has 19 heavy (non-hydrogen) atoms. The van der Waals surface area contributed by atoms with Gasteiger partial charge in [-0.25, -0.2) is 4.39 Å². The van der Waals surface area contributed by atoms with E-state index in [-0.39, 0.29) is 17.7 Å². The van der Waals surface area contributed by atoms with E-state index in [0.29, 0.717) is 23.1 Å². The van der Waals surface area contributed by atoms with Gasteiger partial charge < -0.3 is 10.6 Å². The molecule has 0 aliphatic heterocycles. The molecule has 102 valence electrons. The summed E-state index contributed by atoms with van der Waals surface area (Å²) in [5, 5.41) is 5.42. The van der Waals surface area contributed by atoms with Gasteiger partial charge in [-0.05, 0) is 47.0 Å². The van der Waals surface area contributed by atoms with E-state index in [1.807, 2.05) is 0 Å². The molecule has 0 aromatic heterocycles. The van der Waals surface area contributed by atoms with Crippen molar-refractivity contribution in [3.63, 3.8) is 0 Å². The van der Waals surface area contributed by atoms with Crippen molar-refractivity contribution in [3.8, 4) is 0 Å². The quantitative estimate of drug-likeness (QED) is 0.810. The summed E-state index contributed by atoms with van der Waals surface area (Å²) in [7, 11) is 0. The fraction of sp³-hybridized carbons (Fsp3) is 0.385. The summed E-state index contributed by atoms with van der Waals surface area (Å²) in [4.78, 5) is 23.1. The van der Waals surface area contributed by atoms with E-state index in [9.17, 15) is 14.0 Å². The molecule has 1 saturated carbocycles. The Hall–Kier alpha value is -1.43. The average molecular weight is 329 g/mol. The van der Waals surface area contributed by atoms with E-state index in [1.165, 1.54) is 18.2 Å². The van der Waals surface area contributed by atoms with E-state index in [2.05, 4.69) is 26.6 Å². The summed E-state index contributed by atoms with van der Waals surface area (Å²) in [5.41, 5.74) is 0.370. The lowest BCUT2D eigenvalue weighted by atomic mass is 10.2. The number of benzene rings is 1. The van der Waals surface area contributed by atoms with Crippen LogP contribution in [0.2, 0.25) is 0 Å².